The van der Waals surface area contributed by atoms with Crippen LogP contribution in [-0.4, -0.2) is 11.7 Å². The molecule has 0 heterocycles. The number of aliphatic hydroxyl groups excluding tert-OH is 1. The highest BCUT2D eigenvalue weighted by Crippen LogP contribution is 2.50. The number of hydrogen-bond donors (Lipinski definition) is 1. The molecule has 1 N–H and O–H groups in total. The van der Waals surface area contributed by atoms with Crippen molar-refractivity contribution in [1.82, 2.24) is 0 Å². The maximum absolute atomic E-state index is 13.5. The highest BCUT2D eigenvalue weighted by molar-refractivity contribution is 6.30. The minimum absolute atomic E-state index is 0.0625. The molecule has 0 bridgehead atoms. The first kappa shape index (κ1) is 9.87. The van der Waals surface area contributed by atoms with Crippen LogP contribution in [-0.2, 0) is 5.41 Å². The molecule has 0 radical (unpaired) electrons. The maximum atomic E-state index is 13.5. The van der Waals surface area contributed by atoms with Gasteiger partial charge < -0.3 is 5.11 Å². The van der Waals surface area contributed by atoms with E-state index >= 15 is 0 Å². The van der Waals surface area contributed by atoms with Crippen LogP contribution < -0.4 is 0 Å². The van der Waals surface area contributed by atoms with Crippen molar-refractivity contribution in [3.63, 3.8) is 0 Å². The van der Waals surface area contributed by atoms with Gasteiger partial charge in [-0.2, -0.15) is 0 Å². The van der Waals surface area contributed by atoms with E-state index < -0.39 is 17.0 Å². The van der Waals surface area contributed by atoms with E-state index in [0.717, 1.165) is 6.07 Å². The fourth-order valence-corrected chi connectivity index (χ4v) is 1.81. The summed E-state index contributed by atoms with van der Waals surface area (Å²) >= 11 is 5.55. The standard InChI is InChI=1S/C10H9ClF2O/c11-6-1-2-7(12)8(9(6)13)10(5-14)3-4-10/h1-2,14H,3-5H2. The van der Waals surface area contributed by atoms with Crippen molar-refractivity contribution in [2.24, 2.45) is 0 Å². The van der Waals surface area contributed by atoms with E-state index in [1.54, 1.807) is 0 Å². The highest BCUT2D eigenvalue weighted by atomic mass is 35.5. The third-order valence-electron chi connectivity index (χ3n) is 2.73. The number of aliphatic hydroxyl groups is 1. The third-order valence-corrected chi connectivity index (χ3v) is 3.02. The van der Waals surface area contributed by atoms with Crippen LogP contribution in [0.2, 0.25) is 5.02 Å². The van der Waals surface area contributed by atoms with Gasteiger partial charge in [0.15, 0.2) is 0 Å². The molecule has 76 valence electrons. The summed E-state index contributed by atoms with van der Waals surface area (Å²) in [6.07, 6.45) is 1.22. The monoisotopic (exact) mass is 218 g/mol. The molecule has 1 aliphatic rings. The first-order valence-electron chi connectivity index (χ1n) is 4.35. The Morgan fingerprint density at radius 3 is 2.50 bits per heavy atom. The summed E-state index contributed by atoms with van der Waals surface area (Å²) in [4.78, 5) is 0. The lowest BCUT2D eigenvalue weighted by Gasteiger charge is -2.14. The normalized spacial score (nSPS) is 18.3. The molecule has 1 aromatic carbocycles. The fourth-order valence-electron chi connectivity index (χ4n) is 1.65. The summed E-state index contributed by atoms with van der Waals surface area (Å²) in [5, 5.41) is 8.98. The van der Waals surface area contributed by atoms with Crippen LogP contribution in [0.3, 0.4) is 0 Å². The fraction of sp³-hybridized carbons (Fsp3) is 0.400. The van der Waals surface area contributed by atoms with Gasteiger partial charge >= 0.3 is 0 Å². The molecule has 14 heavy (non-hydrogen) atoms. The zero-order chi connectivity index (χ0) is 10.3. The molecule has 0 amide bonds. The molecule has 0 aliphatic heterocycles. The number of benzene rings is 1. The van der Waals surface area contributed by atoms with Crippen molar-refractivity contribution in [2.75, 3.05) is 6.61 Å². The van der Waals surface area contributed by atoms with E-state index in [-0.39, 0.29) is 17.2 Å². The average Bonchev–Trinajstić information content (AvgIpc) is 2.93. The quantitative estimate of drug-likeness (QED) is 0.757. The van der Waals surface area contributed by atoms with Gasteiger partial charge in [0.1, 0.15) is 11.6 Å². The van der Waals surface area contributed by atoms with E-state index in [9.17, 15) is 8.78 Å². The van der Waals surface area contributed by atoms with E-state index in [0.29, 0.717) is 12.8 Å². The summed E-state index contributed by atoms with van der Waals surface area (Å²) < 4.78 is 26.8. The summed E-state index contributed by atoms with van der Waals surface area (Å²) in [6, 6.07) is 2.32. The molecule has 1 aliphatic carbocycles. The van der Waals surface area contributed by atoms with Crippen molar-refractivity contribution in [2.45, 2.75) is 18.3 Å². The largest absolute Gasteiger partial charge is 0.395 e. The van der Waals surface area contributed by atoms with Crippen LogP contribution in [0.5, 0.6) is 0 Å². The SMILES string of the molecule is OCC1(c2c(F)ccc(Cl)c2F)CC1. The van der Waals surface area contributed by atoms with Crippen LogP contribution in [0, 0.1) is 11.6 Å². The molecule has 1 nitrogen and oxygen atoms in total. The molecule has 1 saturated carbocycles. The second-order valence-corrected chi connectivity index (χ2v) is 4.06. The summed E-state index contributed by atoms with van der Waals surface area (Å²) in [5.74, 6) is -1.36. The van der Waals surface area contributed by atoms with Crippen LogP contribution >= 0.6 is 11.6 Å². The van der Waals surface area contributed by atoms with Crippen LogP contribution in [0.25, 0.3) is 0 Å². The zero-order valence-corrected chi connectivity index (χ0v) is 8.11. The lowest BCUT2D eigenvalue weighted by Crippen LogP contribution is -2.16. The first-order valence-corrected chi connectivity index (χ1v) is 4.73. The Hall–Kier alpha value is -0.670. The third kappa shape index (κ3) is 1.31. The molecule has 2 rings (SSSR count). The topological polar surface area (TPSA) is 20.2 Å². The lowest BCUT2D eigenvalue weighted by atomic mass is 9.96. The van der Waals surface area contributed by atoms with Gasteiger partial charge in [-0.05, 0) is 25.0 Å². The Morgan fingerprint density at radius 1 is 1.36 bits per heavy atom. The predicted octanol–water partition coefficient (Wildman–Crippen LogP) is 2.64. The number of hydrogen-bond acceptors (Lipinski definition) is 1. The molecule has 0 unspecified atom stereocenters. The van der Waals surface area contributed by atoms with Gasteiger partial charge in [-0.15, -0.1) is 0 Å². The van der Waals surface area contributed by atoms with Gasteiger partial charge in [0, 0.05) is 11.0 Å². The maximum Gasteiger partial charge on any atom is 0.148 e. The second kappa shape index (κ2) is 3.17. The van der Waals surface area contributed by atoms with E-state index in [1.165, 1.54) is 6.07 Å². The van der Waals surface area contributed by atoms with Gasteiger partial charge in [-0.3, -0.25) is 0 Å². The van der Waals surface area contributed by atoms with Gasteiger partial charge in [-0.25, -0.2) is 8.78 Å². The van der Waals surface area contributed by atoms with E-state index in [1.807, 2.05) is 0 Å². The van der Waals surface area contributed by atoms with Crippen LogP contribution in [0.15, 0.2) is 12.1 Å². The van der Waals surface area contributed by atoms with Crippen molar-refractivity contribution in [3.8, 4) is 0 Å². The van der Waals surface area contributed by atoms with Crippen molar-refractivity contribution >= 4 is 11.6 Å². The second-order valence-electron chi connectivity index (χ2n) is 3.66. The molecule has 0 saturated heterocycles. The Balaban J connectivity index is 2.57. The van der Waals surface area contributed by atoms with Crippen molar-refractivity contribution in [3.05, 3.63) is 34.4 Å². The highest BCUT2D eigenvalue weighted by Gasteiger charge is 2.47. The molecule has 4 heteroatoms. The smallest absolute Gasteiger partial charge is 0.148 e. The molecule has 1 fully saturated rings. The Kier molecular flexibility index (Phi) is 2.24. The Labute approximate surface area is 85.3 Å². The summed E-state index contributed by atoms with van der Waals surface area (Å²) in [7, 11) is 0. The first-order chi connectivity index (χ1) is 6.60. The molecule has 0 spiro atoms. The zero-order valence-electron chi connectivity index (χ0n) is 7.36. The molecular weight excluding hydrogens is 210 g/mol. The van der Waals surface area contributed by atoms with E-state index in [4.69, 9.17) is 16.7 Å². The van der Waals surface area contributed by atoms with Gasteiger partial charge in [0.05, 0.1) is 11.6 Å². The van der Waals surface area contributed by atoms with Crippen LogP contribution in [0.4, 0.5) is 8.78 Å². The lowest BCUT2D eigenvalue weighted by molar-refractivity contribution is 0.248. The molecule has 1 aromatic rings. The molecular formula is C10H9ClF2O. The van der Waals surface area contributed by atoms with Gasteiger partial charge in [0.25, 0.3) is 0 Å². The minimum atomic E-state index is -0.738. The van der Waals surface area contributed by atoms with Crippen molar-refractivity contribution < 1.29 is 13.9 Å². The van der Waals surface area contributed by atoms with Crippen LogP contribution in [0.1, 0.15) is 18.4 Å². The van der Waals surface area contributed by atoms with Gasteiger partial charge in [-0.1, -0.05) is 11.6 Å². The molecule has 0 atom stereocenters. The Bertz CT molecular complexity index is 375. The number of halogens is 3. The van der Waals surface area contributed by atoms with Gasteiger partial charge in [0.2, 0.25) is 0 Å². The molecule has 0 aromatic heterocycles. The number of rotatable bonds is 2. The average molecular weight is 219 g/mol. The van der Waals surface area contributed by atoms with Crippen molar-refractivity contribution in [1.29, 1.82) is 0 Å². The van der Waals surface area contributed by atoms with E-state index in [2.05, 4.69) is 0 Å². The summed E-state index contributed by atoms with van der Waals surface area (Å²) in [5.41, 5.74) is -0.786. The Morgan fingerprint density at radius 2 is 2.00 bits per heavy atom. The summed E-state index contributed by atoms with van der Waals surface area (Å²) in [6.45, 7) is -0.235. The minimum Gasteiger partial charge on any atom is -0.395 e. The predicted molar refractivity (Wildman–Crippen MR) is 49.4 cm³/mol.